The molecule has 1 aliphatic rings. The molecule has 0 bridgehead atoms. The molecule has 2 aromatic rings. The standard InChI is InChI=1S/C16H15NO3/c1-10(8-17)20-16(18)7-13-9-19-15-6-12-4-2-3-11(12)5-14(13)15/h5-6,9-10H,2-4,7H2,1H3/t10-/m1/s1. The molecule has 1 aliphatic carbocycles. The minimum Gasteiger partial charge on any atom is -0.464 e. The molecule has 102 valence electrons. The molecule has 0 unspecified atom stereocenters. The zero-order chi connectivity index (χ0) is 14.1. The highest BCUT2D eigenvalue weighted by atomic mass is 16.5. The van der Waals surface area contributed by atoms with E-state index in [2.05, 4.69) is 12.1 Å². The van der Waals surface area contributed by atoms with Gasteiger partial charge in [0.25, 0.3) is 0 Å². The van der Waals surface area contributed by atoms with Crippen LogP contribution in [0.4, 0.5) is 0 Å². The lowest BCUT2D eigenvalue weighted by Crippen LogP contribution is -2.14. The van der Waals surface area contributed by atoms with Gasteiger partial charge in [0, 0.05) is 10.9 Å². The molecule has 4 nitrogen and oxygen atoms in total. The Morgan fingerprint density at radius 1 is 1.45 bits per heavy atom. The Morgan fingerprint density at radius 3 is 2.95 bits per heavy atom. The van der Waals surface area contributed by atoms with Gasteiger partial charge in [-0.25, -0.2) is 0 Å². The molecule has 0 radical (unpaired) electrons. The van der Waals surface area contributed by atoms with Gasteiger partial charge in [0.1, 0.15) is 11.7 Å². The third kappa shape index (κ3) is 2.27. The maximum atomic E-state index is 11.7. The summed E-state index contributed by atoms with van der Waals surface area (Å²) >= 11 is 0. The highest BCUT2D eigenvalue weighted by Gasteiger charge is 2.17. The first-order valence-corrected chi connectivity index (χ1v) is 6.78. The van der Waals surface area contributed by atoms with Gasteiger partial charge in [0.05, 0.1) is 12.7 Å². The Balaban J connectivity index is 1.86. The number of hydrogen-bond acceptors (Lipinski definition) is 4. The Kier molecular flexibility index (Phi) is 3.19. The zero-order valence-electron chi connectivity index (χ0n) is 11.3. The summed E-state index contributed by atoms with van der Waals surface area (Å²) in [6.45, 7) is 1.55. The van der Waals surface area contributed by atoms with Crippen molar-refractivity contribution in [1.82, 2.24) is 0 Å². The van der Waals surface area contributed by atoms with Crippen molar-refractivity contribution in [2.75, 3.05) is 0 Å². The Bertz CT molecular complexity index is 708. The van der Waals surface area contributed by atoms with E-state index >= 15 is 0 Å². The van der Waals surface area contributed by atoms with Crippen LogP contribution in [0.1, 0.15) is 30.0 Å². The van der Waals surface area contributed by atoms with Crippen molar-refractivity contribution < 1.29 is 13.9 Å². The summed E-state index contributed by atoms with van der Waals surface area (Å²) in [7, 11) is 0. The summed E-state index contributed by atoms with van der Waals surface area (Å²) in [6, 6.07) is 6.08. The van der Waals surface area contributed by atoms with Crippen molar-refractivity contribution in [2.45, 2.75) is 38.7 Å². The largest absolute Gasteiger partial charge is 0.464 e. The molecule has 1 heterocycles. The van der Waals surface area contributed by atoms with Gasteiger partial charge in [-0.1, -0.05) is 0 Å². The molecule has 0 amide bonds. The van der Waals surface area contributed by atoms with Crippen molar-refractivity contribution in [3.8, 4) is 6.07 Å². The minimum absolute atomic E-state index is 0.137. The second-order valence-corrected chi connectivity index (χ2v) is 5.17. The molecule has 4 heteroatoms. The molecule has 20 heavy (non-hydrogen) atoms. The number of aryl methyl sites for hydroxylation is 2. The van der Waals surface area contributed by atoms with Gasteiger partial charge < -0.3 is 9.15 Å². The van der Waals surface area contributed by atoms with Crippen molar-refractivity contribution in [1.29, 1.82) is 5.26 Å². The lowest BCUT2D eigenvalue weighted by molar-refractivity contribution is -0.145. The van der Waals surface area contributed by atoms with Crippen LogP contribution in [-0.2, 0) is 28.8 Å². The molecule has 0 spiro atoms. The number of benzene rings is 1. The molecule has 0 saturated carbocycles. The van der Waals surface area contributed by atoms with Crippen LogP contribution in [0.25, 0.3) is 11.0 Å². The molecule has 3 rings (SSSR count). The predicted octanol–water partition coefficient (Wildman–Crippen LogP) is 2.92. The second kappa shape index (κ2) is 5.01. The molecule has 0 N–H and O–H groups in total. The average molecular weight is 269 g/mol. The van der Waals surface area contributed by atoms with E-state index in [0.717, 1.165) is 29.4 Å². The van der Waals surface area contributed by atoms with Crippen molar-refractivity contribution in [3.63, 3.8) is 0 Å². The van der Waals surface area contributed by atoms with Gasteiger partial charge in [-0.05, 0) is 49.4 Å². The van der Waals surface area contributed by atoms with E-state index in [-0.39, 0.29) is 6.42 Å². The van der Waals surface area contributed by atoms with Crippen LogP contribution in [0.5, 0.6) is 0 Å². The van der Waals surface area contributed by atoms with Crippen LogP contribution < -0.4 is 0 Å². The number of rotatable bonds is 3. The van der Waals surface area contributed by atoms with Crippen LogP contribution >= 0.6 is 0 Å². The Morgan fingerprint density at radius 2 is 2.20 bits per heavy atom. The highest BCUT2D eigenvalue weighted by molar-refractivity contribution is 5.87. The number of esters is 1. The second-order valence-electron chi connectivity index (χ2n) is 5.17. The van der Waals surface area contributed by atoms with Gasteiger partial charge in [0.2, 0.25) is 0 Å². The van der Waals surface area contributed by atoms with Crippen molar-refractivity contribution in [2.24, 2.45) is 0 Å². The van der Waals surface area contributed by atoms with Crippen LogP contribution in [0.3, 0.4) is 0 Å². The molecule has 0 saturated heterocycles. The number of nitriles is 1. The normalized spacial score (nSPS) is 14.8. The van der Waals surface area contributed by atoms with E-state index in [1.165, 1.54) is 17.5 Å². The summed E-state index contributed by atoms with van der Waals surface area (Å²) in [5.74, 6) is -0.401. The fourth-order valence-electron chi connectivity index (χ4n) is 2.71. The first kappa shape index (κ1) is 12.7. The first-order chi connectivity index (χ1) is 9.67. The quantitative estimate of drug-likeness (QED) is 0.804. The Labute approximate surface area is 116 Å². The summed E-state index contributed by atoms with van der Waals surface area (Å²) in [4.78, 5) is 11.7. The van der Waals surface area contributed by atoms with Crippen molar-refractivity contribution in [3.05, 3.63) is 35.1 Å². The van der Waals surface area contributed by atoms with E-state index in [0.29, 0.717) is 0 Å². The average Bonchev–Trinajstić information content (AvgIpc) is 3.03. The van der Waals surface area contributed by atoms with Crippen LogP contribution in [0, 0.1) is 11.3 Å². The number of carbonyl (C=O) groups is 1. The van der Waals surface area contributed by atoms with E-state index in [1.807, 2.05) is 6.07 Å². The van der Waals surface area contributed by atoms with Crippen molar-refractivity contribution >= 4 is 16.9 Å². The third-order valence-corrected chi connectivity index (χ3v) is 3.69. The SMILES string of the molecule is C[C@H](C#N)OC(=O)Cc1coc2cc3c(cc12)CCC3. The highest BCUT2D eigenvalue weighted by Crippen LogP contribution is 2.30. The van der Waals surface area contributed by atoms with Gasteiger partial charge >= 0.3 is 5.97 Å². The number of furan rings is 1. The van der Waals surface area contributed by atoms with Gasteiger partial charge in [-0.2, -0.15) is 5.26 Å². The van der Waals surface area contributed by atoms with Gasteiger partial charge in [-0.3, -0.25) is 4.79 Å². The van der Waals surface area contributed by atoms with Crippen LogP contribution in [0.2, 0.25) is 0 Å². The summed E-state index contributed by atoms with van der Waals surface area (Å²) in [5, 5.41) is 9.62. The topological polar surface area (TPSA) is 63.2 Å². The first-order valence-electron chi connectivity index (χ1n) is 6.78. The fourth-order valence-corrected chi connectivity index (χ4v) is 2.71. The minimum atomic E-state index is -0.718. The van der Waals surface area contributed by atoms with E-state index < -0.39 is 12.1 Å². The molecule has 0 fully saturated rings. The van der Waals surface area contributed by atoms with Crippen LogP contribution in [0.15, 0.2) is 22.8 Å². The summed E-state index contributed by atoms with van der Waals surface area (Å²) in [5.41, 5.74) is 4.34. The fraction of sp³-hybridized carbons (Fsp3) is 0.375. The van der Waals surface area contributed by atoms with E-state index in [4.69, 9.17) is 14.4 Å². The summed E-state index contributed by atoms with van der Waals surface area (Å²) in [6.07, 6.45) is 4.40. The molecule has 0 aliphatic heterocycles. The molecule has 1 aromatic carbocycles. The van der Waals surface area contributed by atoms with Gasteiger partial charge in [-0.15, -0.1) is 0 Å². The maximum absolute atomic E-state index is 11.7. The van der Waals surface area contributed by atoms with Gasteiger partial charge in [0.15, 0.2) is 6.10 Å². The molecule has 1 atom stereocenters. The summed E-state index contributed by atoms with van der Waals surface area (Å²) < 4.78 is 10.5. The number of hydrogen-bond donors (Lipinski definition) is 0. The Hall–Kier alpha value is -2.28. The zero-order valence-corrected chi connectivity index (χ0v) is 11.3. The number of fused-ring (bicyclic) bond motifs is 2. The predicted molar refractivity (Wildman–Crippen MR) is 73.1 cm³/mol. The molecular weight excluding hydrogens is 254 g/mol. The lowest BCUT2D eigenvalue weighted by Gasteiger charge is -2.05. The number of carbonyl (C=O) groups excluding carboxylic acids is 1. The maximum Gasteiger partial charge on any atom is 0.311 e. The smallest absolute Gasteiger partial charge is 0.311 e. The van der Waals surface area contributed by atoms with E-state index in [9.17, 15) is 4.79 Å². The number of nitrogens with zero attached hydrogens (tertiary/aromatic N) is 1. The lowest BCUT2D eigenvalue weighted by atomic mass is 10.0. The third-order valence-electron chi connectivity index (χ3n) is 3.69. The van der Waals surface area contributed by atoms with Crippen LogP contribution in [-0.4, -0.2) is 12.1 Å². The monoisotopic (exact) mass is 269 g/mol. The molecule has 1 aromatic heterocycles. The molecular formula is C16H15NO3. The number of ether oxygens (including phenoxy) is 1. The van der Waals surface area contributed by atoms with E-state index in [1.54, 1.807) is 13.2 Å².